The third-order valence-electron chi connectivity index (χ3n) is 2.02. The van der Waals surface area contributed by atoms with Crippen LogP contribution in [0.25, 0.3) is 0 Å². The van der Waals surface area contributed by atoms with Crippen LogP contribution in [0.1, 0.15) is 0 Å². The summed E-state index contributed by atoms with van der Waals surface area (Å²) < 4.78 is 2.03. The molecule has 2 N–H and O–H groups in total. The van der Waals surface area contributed by atoms with Gasteiger partial charge in [0.2, 0.25) is 0 Å². The Morgan fingerprint density at radius 3 is 2.12 bits per heavy atom. The highest BCUT2D eigenvalue weighted by atomic mass is 79.9. The molecular formula is C12H9Br2NS. The van der Waals surface area contributed by atoms with Gasteiger partial charge in [0.15, 0.2) is 0 Å². The van der Waals surface area contributed by atoms with Crippen LogP contribution in [0.15, 0.2) is 61.2 Å². The lowest BCUT2D eigenvalue weighted by Crippen LogP contribution is -1.85. The van der Waals surface area contributed by atoms with Gasteiger partial charge in [0.25, 0.3) is 0 Å². The Morgan fingerprint density at radius 1 is 0.875 bits per heavy atom. The van der Waals surface area contributed by atoms with E-state index in [1.165, 1.54) is 9.79 Å². The molecule has 0 saturated heterocycles. The molecule has 0 aromatic heterocycles. The fourth-order valence-corrected chi connectivity index (χ4v) is 2.86. The number of nitrogen functional groups attached to an aromatic ring is 1. The molecule has 0 aliphatic carbocycles. The van der Waals surface area contributed by atoms with E-state index in [4.69, 9.17) is 5.73 Å². The van der Waals surface area contributed by atoms with Crippen molar-refractivity contribution < 1.29 is 0 Å². The molecule has 0 bridgehead atoms. The molecule has 0 aliphatic heterocycles. The lowest BCUT2D eigenvalue weighted by Gasteiger charge is -2.04. The van der Waals surface area contributed by atoms with Gasteiger partial charge < -0.3 is 5.73 Å². The number of hydrogen-bond donors (Lipinski definition) is 1. The van der Waals surface area contributed by atoms with E-state index >= 15 is 0 Å². The van der Waals surface area contributed by atoms with Gasteiger partial charge in [-0.05, 0) is 58.4 Å². The summed E-state index contributed by atoms with van der Waals surface area (Å²) in [4.78, 5) is 2.38. The molecular weight excluding hydrogens is 350 g/mol. The molecule has 16 heavy (non-hydrogen) atoms. The van der Waals surface area contributed by atoms with Crippen LogP contribution in [0, 0.1) is 0 Å². The van der Waals surface area contributed by atoms with Gasteiger partial charge in [0.1, 0.15) is 0 Å². The zero-order chi connectivity index (χ0) is 11.5. The van der Waals surface area contributed by atoms with Gasteiger partial charge in [-0.25, -0.2) is 0 Å². The molecule has 0 heterocycles. The van der Waals surface area contributed by atoms with Crippen molar-refractivity contribution in [2.24, 2.45) is 0 Å². The summed E-state index contributed by atoms with van der Waals surface area (Å²) in [6, 6.07) is 14.2. The second-order valence-electron chi connectivity index (χ2n) is 3.24. The molecule has 0 saturated carbocycles. The maximum Gasteiger partial charge on any atom is 0.0459 e. The van der Waals surface area contributed by atoms with E-state index in [0.29, 0.717) is 0 Å². The minimum atomic E-state index is 0.764. The van der Waals surface area contributed by atoms with Gasteiger partial charge in [-0.3, -0.25) is 0 Å². The highest BCUT2D eigenvalue weighted by Gasteiger charge is 2.00. The van der Waals surface area contributed by atoms with Crippen molar-refractivity contribution in [3.05, 3.63) is 51.4 Å². The zero-order valence-electron chi connectivity index (χ0n) is 8.28. The van der Waals surface area contributed by atoms with Crippen molar-refractivity contribution in [2.45, 2.75) is 9.79 Å². The Bertz CT molecular complexity index is 497. The predicted octanol–water partition coefficient (Wildman–Crippen LogP) is 4.95. The topological polar surface area (TPSA) is 26.0 Å². The first kappa shape index (κ1) is 12.0. The van der Waals surface area contributed by atoms with Crippen LogP contribution >= 0.6 is 43.6 Å². The summed E-state index contributed by atoms with van der Waals surface area (Å²) in [5, 5.41) is 0. The normalized spacial score (nSPS) is 10.4. The Balaban J connectivity index is 2.20. The predicted molar refractivity (Wildman–Crippen MR) is 76.8 cm³/mol. The molecule has 1 nitrogen and oxygen atoms in total. The molecule has 0 unspecified atom stereocenters. The van der Waals surface area contributed by atoms with Gasteiger partial charge in [-0.1, -0.05) is 27.7 Å². The standard InChI is InChI=1S/C12H9Br2NS/c13-8-1-3-9(4-2-8)16-10-5-6-12(15)11(14)7-10/h1-7H,15H2. The molecule has 2 aromatic rings. The van der Waals surface area contributed by atoms with Crippen molar-refractivity contribution >= 4 is 49.3 Å². The van der Waals surface area contributed by atoms with E-state index in [0.717, 1.165) is 14.6 Å². The van der Waals surface area contributed by atoms with E-state index in [9.17, 15) is 0 Å². The van der Waals surface area contributed by atoms with Gasteiger partial charge in [0, 0.05) is 24.4 Å². The Hall–Kier alpha value is -0.450. The summed E-state index contributed by atoms with van der Waals surface area (Å²) >= 11 is 8.56. The first-order valence-corrected chi connectivity index (χ1v) is 7.04. The minimum Gasteiger partial charge on any atom is -0.398 e. The molecule has 0 spiro atoms. The van der Waals surface area contributed by atoms with Crippen LogP contribution in [0.2, 0.25) is 0 Å². The Morgan fingerprint density at radius 2 is 1.50 bits per heavy atom. The monoisotopic (exact) mass is 357 g/mol. The second kappa shape index (κ2) is 5.25. The van der Waals surface area contributed by atoms with Crippen molar-refractivity contribution in [1.82, 2.24) is 0 Å². The van der Waals surface area contributed by atoms with Gasteiger partial charge in [-0.2, -0.15) is 0 Å². The zero-order valence-corrected chi connectivity index (χ0v) is 12.3. The summed E-state index contributed by atoms with van der Waals surface area (Å²) in [5.74, 6) is 0. The molecule has 2 rings (SSSR count). The van der Waals surface area contributed by atoms with Crippen molar-refractivity contribution in [2.75, 3.05) is 5.73 Å². The van der Waals surface area contributed by atoms with Crippen LogP contribution in [-0.4, -0.2) is 0 Å². The Kier molecular flexibility index (Phi) is 3.95. The fraction of sp³-hybridized carbons (Fsp3) is 0. The number of rotatable bonds is 2. The highest BCUT2D eigenvalue weighted by molar-refractivity contribution is 9.10. The Labute approximate surface area is 116 Å². The van der Waals surface area contributed by atoms with E-state index < -0.39 is 0 Å². The molecule has 0 amide bonds. The lowest BCUT2D eigenvalue weighted by molar-refractivity contribution is 1.39. The summed E-state index contributed by atoms with van der Waals surface area (Å²) in [5.41, 5.74) is 6.50. The molecule has 0 aliphatic rings. The average molecular weight is 359 g/mol. The number of halogens is 2. The fourth-order valence-electron chi connectivity index (χ4n) is 1.21. The van der Waals surface area contributed by atoms with Crippen molar-refractivity contribution in [3.63, 3.8) is 0 Å². The average Bonchev–Trinajstić information content (AvgIpc) is 2.27. The highest BCUT2D eigenvalue weighted by Crippen LogP contribution is 2.32. The van der Waals surface area contributed by atoms with Crippen LogP contribution in [0.3, 0.4) is 0 Å². The van der Waals surface area contributed by atoms with Gasteiger partial charge >= 0.3 is 0 Å². The summed E-state index contributed by atoms with van der Waals surface area (Å²) in [6.07, 6.45) is 0. The minimum absolute atomic E-state index is 0.764. The van der Waals surface area contributed by atoms with Crippen LogP contribution in [0.5, 0.6) is 0 Å². The van der Waals surface area contributed by atoms with Gasteiger partial charge in [0.05, 0.1) is 0 Å². The molecule has 0 radical (unpaired) electrons. The number of nitrogens with two attached hydrogens (primary N) is 1. The van der Waals surface area contributed by atoms with Crippen LogP contribution in [0.4, 0.5) is 5.69 Å². The quantitative estimate of drug-likeness (QED) is 0.769. The van der Waals surface area contributed by atoms with Crippen molar-refractivity contribution in [1.29, 1.82) is 0 Å². The van der Waals surface area contributed by atoms with Crippen molar-refractivity contribution in [3.8, 4) is 0 Å². The third kappa shape index (κ3) is 3.03. The number of benzene rings is 2. The maximum atomic E-state index is 5.74. The molecule has 2 aromatic carbocycles. The molecule has 4 heteroatoms. The second-order valence-corrected chi connectivity index (χ2v) is 6.16. The van der Waals surface area contributed by atoms with Crippen LogP contribution in [-0.2, 0) is 0 Å². The summed E-state index contributed by atoms with van der Waals surface area (Å²) in [6.45, 7) is 0. The van der Waals surface area contributed by atoms with E-state index in [1.54, 1.807) is 11.8 Å². The van der Waals surface area contributed by atoms with Crippen LogP contribution < -0.4 is 5.73 Å². The maximum absolute atomic E-state index is 5.74. The first-order chi connectivity index (χ1) is 7.65. The van der Waals surface area contributed by atoms with E-state index in [-0.39, 0.29) is 0 Å². The van der Waals surface area contributed by atoms with Gasteiger partial charge in [-0.15, -0.1) is 0 Å². The lowest BCUT2D eigenvalue weighted by atomic mass is 10.3. The van der Waals surface area contributed by atoms with E-state index in [1.807, 2.05) is 30.3 Å². The molecule has 82 valence electrons. The first-order valence-electron chi connectivity index (χ1n) is 4.63. The number of hydrogen-bond acceptors (Lipinski definition) is 2. The summed E-state index contributed by atoms with van der Waals surface area (Å²) in [7, 11) is 0. The SMILES string of the molecule is Nc1ccc(Sc2ccc(Br)cc2)cc1Br. The molecule has 0 atom stereocenters. The smallest absolute Gasteiger partial charge is 0.0459 e. The number of anilines is 1. The largest absolute Gasteiger partial charge is 0.398 e. The van der Waals surface area contributed by atoms with E-state index in [2.05, 4.69) is 44.0 Å². The third-order valence-corrected chi connectivity index (χ3v) is 4.23. The molecule has 0 fully saturated rings.